The second kappa shape index (κ2) is 11.3. The number of hydrogen-bond donors (Lipinski definition) is 3. The van der Waals surface area contributed by atoms with Crippen molar-refractivity contribution in [3.8, 4) is 0 Å². The zero-order chi connectivity index (χ0) is 21.6. The molecule has 0 aliphatic rings. The molecule has 2 heterocycles. The van der Waals surface area contributed by atoms with Gasteiger partial charge in [0.15, 0.2) is 5.96 Å². The Bertz CT molecular complexity index is 966. The standard InChI is InChI=1S/C23H31N5O2.HI/c1-5-24-22(26-16-23(4,29)21-12-9-13-30-21)25-14-20-17(2)27-28(18(20)3)15-19-10-7-6-8-11-19;/h6-13,29H,5,14-16H2,1-4H3,(H2,24,25,26);1H. The Morgan fingerprint density at radius 3 is 2.55 bits per heavy atom. The first-order valence-corrected chi connectivity index (χ1v) is 10.3. The predicted octanol–water partition coefficient (Wildman–Crippen LogP) is 3.72. The number of hydrogen-bond acceptors (Lipinski definition) is 4. The summed E-state index contributed by atoms with van der Waals surface area (Å²) in [7, 11) is 0. The van der Waals surface area contributed by atoms with Crippen LogP contribution in [0.5, 0.6) is 0 Å². The van der Waals surface area contributed by atoms with Crippen LogP contribution in [0.25, 0.3) is 0 Å². The van der Waals surface area contributed by atoms with Crippen molar-refractivity contribution in [3.05, 3.63) is 77.0 Å². The van der Waals surface area contributed by atoms with E-state index >= 15 is 0 Å². The Morgan fingerprint density at radius 2 is 1.90 bits per heavy atom. The molecular weight excluding hydrogens is 505 g/mol. The monoisotopic (exact) mass is 537 g/mol. The Balaban J connectivity index is 0.00000341. The maximum atomic E-state index is 10.7. The van der Waals surface area contributed by atoms with Gasteiger partial charge in [-0.3, -0.25) is 4.68 Å². The first-order valence-electron chi connectivity index (χ1n) is 10.3. The van der Waals surface area contributed by atoms with Gasteiger partial charge in [-0.05, 0) is 45.4 Å². The van der Waals surface area contributed by atoms with E-state index in [9.17, 15) is 5.11 Å². The predicted molar refractivity (Wildman–Crippen MR) is 134 cm³/mol. The summed E-state index contributed by atoms with van der Waals surface area (Å²) in [5.74, 6) is 1.15. The molecule has 0 aliphatic carbocycles. The van der Waals surface area contributed by atoms with E-state index in [2.05, 4.69) is 29.7 Å². The van der Waals surface area contributed by atoms with Crippen LogP contribution in [0.3, 0.4) is 0 Å². The number of nitrogens with one attached hydrogen (secondary N) is 2. The SMILES string of the molecule is CCNC(=NCc1c(C)nn(Cc2ccccc2)c1C)NCC(C)(O)c1ccco1.I. The highest BCUT2D eigenvalue weighted by Gasteiger charge is 2.26. The van der Waals surface area contributed by atoms with E-state index in [0.717, 1.165) is 30.0 Å². The second-order valence-corrected chi connectivity index (χ2v) is 7.59. The van der Waals surface area contributed by atoms with Crippen molar-refractivity contribution in [1.82, 2.24) is 20.4 Å². The van der Waals surface area contributed by atoms with Gasteiger partial charge >= 0.3 is 0 Å². The second-order valence-electron chi connectivity index (χ2n) is 7.59. The third kappa shape index (κ3) is 6.57. The van der Waals surface area contributed by atoms with Crippen LogP contribution in [-0.2, 0) is 18.7 Å². The fraction of sp³-hybridized carbons (Fsp3) is 0.391. The molecule has 3 aromatic rings. The van der Waals surface area contributed by atoms with Crippen molar-refractivity contribution in [2.75, 3.05) is 13.1 Å². The Labute approximate surface area is 201 Å². The van der Waals surface area contributed by atoms with E-state index < -0.39 is 5.60 Å². The lowest BCUT2D eigenvalue weighted by Gasteiger charge is -2.22. The fourth-order valence-electron chi connectivity index (χ4n) is 3.30. The quantitative estimate of drug-likeness (QED) is 0.232. The van der Waals surface area contributed by atoms with Crippen LogP contribution in [-0.4, -0.2) is 33.9 Å². The molecule has 3 rings (SSSR count). The molecule has 0 spiro atoms. The summed E-state index contributed by atoms with van der Waals surface area (Å²) in [5.41, 5.74) is 3.28. The maximum Gasteiger partial charge on any atom is 0.191 e. The molecule has 0 radical (unpaired) electrons. The van der Waals surface area contributed by atoms with Crippen LogP contribution in [0.4, 0.5) is 0 Å². The van der Waals surface area contributed by atoms with Gasteiger partial charge in [0.25, 0.3) is 0 Å². The van der Waals surface area contributed by atoms with Crippen molar-refractivity contribution < 1.29 is 9.52 Å². The molecule has 0 bridgehead atoms. The van der Waals surface area contributed by atoms with Crippen LogP contribution < -0.4 is 10.6 Å². The summed E-state index contributed by atoms with van der Waals surface area (Å²) in [6, 6.07) is 13.8. The van der Waals surface area contributed by atoms with Gasteiger partial charge in [0.2, 0.25) is 0 Å². The van der Waals surface area contributed by atoms with Gasteiger partial charge in [0.05, 0.1) is 31.6 Å². The Hall–Kier alpha value is -2.33. The molecule has 0 saturated heterocycles. The van der Waals surface area contributed by atoms with Crippen molar-refractivity contribution >= 4 is 29.9 Å². The van der Waals surface area contributed by atoms with Gasteiger partial charge in [-0.2, -0.15) is 5.10 Å². The third-order valence-electron chi connectivity index (χ3n) is 5.10. The molecule has 0 amide bonds. The molecule has 0 fully saturated rings. The zero-order valence-corrected chi connectivity index (χ0v) is 20.9. The van der Waals surface area contributed by atoms with Gasteiger partial charge in [-0.1, -0.05) is 30.3 Å². The number of benzene rings is 1. The number of aliphatic hydroxyl groups is 1. The summed E-state index contributed by atoms with van der Waals surface area (Å²) in [6.45, 7) is 10.1. The summed E-state index contributed by atoms with van der Waals surface area (Å²) < 4.78 is 7.37. The van der Waals surface area contributed by atoms with Gasteiger partial charge in [-0.25, -0.2) is 4.99 Å². The lowest BCUT2D eigenvalue weighted by atomic mass is 10.0. The number of rotatable bonds is 8. The number of furan rings is 1. The van der Waals surface area contributed by atoms with E-state index in [0.29, 0.717) is 18.3 Å². The number of aliphatic imine (C=N–C) groups is 1. The summed E-state index contributed by atoms with van der Waals surface area (Å²) in [6.07, 6.45) is 1.56. The molecule has 0 saturated carbocycles. The van der Waals surface area contributed by atoms with Crippen molar-refractivity contribution in [2.45, 2.75) is 46.4 Å². The van der Waals surface area contributed by atoms with Crippen molar-refractivity contribution in [1.29, 1.82) is 0 Å². The lowest BCUT2D eigenvalue weighted by molar-refractivity contribution is 0.0386. The summed E-state index contributed by atoms with van der Waals surface area (Å²) in [4.78, 5) is 4.71. The van der Waals surface area contributed by atoms with Crippen LogP contribution in [0.2, 0.25) is 0 Å². The van der Waals surface area contributed by atoms with Gasteiger partial charge in [-0.15, -0.1) is 24.0 Å². The van der Waals surface area contributed by atoms with Crippen LogP contribution in [0.1, 0.15) is 42.1 Å². The first-order chi connectivity index (χ1) is 14.4. The molecule has 31 heavy (non-hydrogen) atoms. The highest BCUT2D eigenvalue weighted by Crippen LogP contribution is 2.20. The Morgan fingerprint density at radius 1 is 1.16 bits per heavy atom. The van der Waals surface area contributed by atoms with Crippen molar-refractivity contribution in [3.63, 3.8) is 0 Å². The molecule has 7 nitrogen and oxygen atoms in total. The van der Waals surface area contributed by atoms with E-state index in [4.69, 9.17) is 14.5 Å². The molecule has 1 aromatic carbocycles. The van der Waals surface area contributed by atoms with E-state index in [1.807, 2.05) is 36.7 Å². The molecule has 1 atom stereocenters. The molecule has 3 N–H and O–H groups in total. The molecule has 1 unspecified atom stereocenters. The number of halogens is 1. The lowest BCUT2D eigenvalue weighted by Crippen LogP contribution is -2.44. The Kier molecular flexibility index (Phi) is 9.12. The molecular formula is C23H32IN5O2. The van der Waals surface area contributed by atoms with E-state index in [1.165, 1.54) is 5.56 Å². The number of aromatic nitrogens is 2. The molecule has 8 heteroatoms. The average molecular weight is 537 g/mol. The van der Waals surface area contributed by atoms with Crippen LogP contribution >= 0.6 is 24.0 Å². The molecule has 168 valence electrons. The minimum Gasteiger partial charge on any atom is -0.466 e. The van der Waals surface area contributed by atoms with Gasteiger partial charge in [0, 0.05) is 17.8 Å². The van der Waals surface area contributed by atoms with Gasteiger partial charge in [0.1, 0.15) is 11.4 Å². The normalized spacial score (nSPS) is 13.4. The smallest absolute Gasteiger partial charge is 0.191 e. The highest BCUT2D eigenvalue weighted by atomic mass is 127. The van der Waals surface area contributed by atoms with E-state index in [1.54, 1.807) is 25.3 Å². The third-order valence-corrected chi connectivity index (χ3v) is 5.10. The van der Waals surface area contributed by atoms with Crippen LogP contribution in [0, 0.1) is 13.8 Å². The average Bonchev–Trinajstić information content (AvgIpc) is 3.35. The molecule has 2 aromatic heterocycles. The highest BCUT2D eigenvalue weighted by molar-refractivity contribution is 14.0. The van der Waals surface area contributed by atoms with E-state index in [-0.39, 0.29) is 30.5 Å². The number of guanidine groups is 1. The molecule has 0 aliphatic heterocycles. The minimum atomic E-state index is -1.13. The summed E-state index contributed by atoms with van der Waals surface area (Å²) in [5, 5.41) is 21.8. The fourth-order valence-corrected chi connectivity index (χ4v) is 3.30. The van der Waals surface area contributed by atoms with Gasteiger partial charge < -0.3 is 20.2 Å². The summed E-state index contributed by atoms with van der Waals surface area (Å²) >= 11 is 0. The largest absolute Gasteiger partial charge is 0.466 e. The van der Waals surface area contributed by atoms with Crippen molar-refractivity contribution in [2.24, 2.45) is 4.99 Å². The topological polar surface area (TPSA) is 87.6 Å². The zero-order valence-electron chi connectivity index (χ0n) is 18.6. The minimum absolute atomic E-state index is 0. The number of aryl methyl sites for hydroxylation is 1. The van der Waals surface area contributed by atoms with Crippen LogP contribution in [0.15, 0.2) is 58.1 Å². The first kappa shape index (κ1) is 24.9. The maximum absolute atomic E-state index is 10.7. The number of nitrogens with zero attached hydrogens (tertiary/aromatic N) is 3.